The van der Waals surface area contributed by atoms with E-state index in [0.717, 1.165) is 63.8 Å². The first-order chi connectivity index (χ1) is 13.1. The maximum atomic E-state index is 13.8. The van der Waals surface area contributed by atoms with Crippen molar-refractivity contribution in [1.29, 1.82) is 0 Å². The van der Waals surface area contributed by atoms with Crippen LogP contribution in [0.25, 0.3) is 0 Å². The molecule has 2 rings (SSSR count). The summed E-state index contributed by atoms with van der Waals surface area (Å²) >= 11 is 0. The zero-order valence-electron chi connectivity index (χ0n) is 17.3. The highest BCUT2D eigenvalue weighted by Gasteiger charge is 2.13. The van der Waals surface area contributed by atoms with E-state index in [0.29, 0.717) is 18.0 Å². The predicted molar refractivity (Wildman–Crippen MR) is 123 cm³/mol. The van der Waals surface area contributed by atoms with E-state index in [-0.39, 0.29) is 35.8 Å². The van der Waals surface area contributed by atoms with Crippen LogP contribution in [-0.2, 0) is 9.47 Å². The van der Waals surface area contributed by atoms with E-state index in [1.54, 1.807) is 13.0 Å². The van der Waals surface area contributed by atoms with Crippen LogP contribution in [0.4, 0.5) is 4.39 Å². The number of hydrogen-bond acceptors (Lipinski definition) is 3. The lowest BCUT2D eigenvalue weighted by Crippen LogP contribution is -2.38. The fraction of sp³-hybridized carbons (Fsp3) is 0.667. The fourth-order valence-corrected chi connectivity index (χ4v) is 3.01. The maximum Gasteiger partial charge on any atom is 0.191 e. The number of aryl methyl sites for hydroxylation is 1. The molecular formula is C21H35FIN3O2. The number of guanidine groups is 1. The highest BCUT2D eigenvalue weighted by Crippen LogP contribution is 2.16. The van der Waals surface area contributed by atoms with E-state index in [9.17, 15) is 4.39 Å². The van der Waals surface area contributed by atoms with Gasteiger partial charge < -0.3 is 20.1 Å². The van der Waals surface area contributed by atoms with Crippen LogP contribution >= 0.6 is 24.0 Å². The van der Waals surface area contributed by atoms with Crippen molar-refractivity contribution in [2.24, 2.45) is 10.9 Å². The van der Waals surface area contributed by atoms with E-state index in [1.807, 2.05) is 26.0 Å². The summed E-state index contributed by atoms with van der Waals surface area (Å²) in [7, 11) is 0. The van der Waals surface area contributed by atoms with Gasteiger partial charge in [0, 0.05) is 39.5 Å². The predicted octanol–water partition coefficient (Wildman–Crippen LogP) is 4.20. The smallest absolute Gasteiger partial charge is 0.191 e. The lowest BCUT2D eigenvalue weighted by molar-refractivity contribution is 0.0205. The highest BCUT2D eigenvalue weighted by molar-refractivity contribution is 14.0. The van der Waals surface area contributed by atoms with Gasteiger partial charge in [0.1, 0.15) is 5.82 Å². The van der Waals surface area contributed by atoms with Crippen molar-refractivity contribution in [3.05, 3.63) is 35.1 Å². The van der Waals surface area contributed by atoms with Crippen LogP contribution in [0.1, 0.15) is 50.3 Å². The van der Waals surface area contributed by atoms with Crippen molar-refractivity contribution >= 4 is 29.9 Å². The first-order valence-electron chi connectivity index (χ1n) is 10.1. The van der Waals surface area contributed by atoms with Gasteiger partial charge in [-0.15, -0.1) is 24.0 Å². The van der Waals surface area contributed by atoms with Crippen molar-refractivity contribution in [3.8, 4) is 0 Å². The van der Waals surface area contributed by atoms with Crippen molar-refractivity contribution in [2.45, 2.75) is 46.1 Å². The molecule has 5 nitrogen and oxygen atoms in total. The molecular weight excluding hydrogens is 472 g/mol. The number of hydrogen-bond donors (Lipinski definition) is 2. The van der Waals surface area contributed by atoms with Gasteiger partial charge in [0.15, 0.2) is 5.96 Å². The Bertz CT molecular complexity index is 595. The molecule has 1 aromatic carbocycles. The molecule has 0 aliphatic carbocycles. The van der Waals surface area contributed by atoms with Gasteiger partial charge in [-0.25, -0.2) is 4.39 Å². The summed E-state index contributed by atoms with van der Waals surface area (Å²) in [6.07, 6.45) is 3.08. The summed E-state index contributed by atoms with van der Waals surface area (Å²) in [6, 6.07) is 5.32. The van der Waals surface area contributed by atoms with Crippen LogP contribution < -0.4 is 10.6 Å². The molecule has 0 radical (unpaired) electrons. The molecule has 1 fully saturated rings. The second kappa shape index (κ2) is 14.1. The molecule has 1 unspecified atom stereocenters. The molecule has 1 saturated heterocycles. The third-order valence-electron chi connectivity index (χ3n) is 4.80. The number of benzene rings is 1. The van der Waals surface area contributed by atoms with Gasteiger partial charge in [0.25, 0.3) is 0 Å². The Hall–Kier alpha value is -0.930. The molecule has 1 aromatic rings. The molecule has 28 heavy (non-hydrogen) atoms. The monoisotopic (exact) mass is 507 g/mol. The second-order valence-corrected chi connectivity index (χ2v) is 7.12. The van der Waals surface area contributed by atoms with Crippen LogP contribution in [-0.4, -0.2) is 45.5 Å². The molecule has 7 heteroatoms. The summed E-state index contributed by atoms with van der Waals surface area (Å²) in [5, 5.41) is 6.58. The van der Waals surface area contributed by atoms with Gasteiger partial charge in [-0.3, -0.25) is 4.99 Å². The second-order valence-electron chi connectivity index (χ2n) is 7.12. The topological polar surface area (TPSA) is 54.9 Å². The summed E-state index contributed by atoms with van der Waals surface area (Å²) in [5.41, 5.74) is 1.57. The summed E-state index contributed by atoms with van der Waals surface area (Å²) in [6.45, 7) is 10.5. The normalized spacial score (nSPS) is 16.4. The molecule has 160 valence electrons. The van der Waals surface area contributed by atoms with E-state index >= 15 is 0 Å². The Morgan fingerprint density at radius 3 is 2.79 bits per heavy atom. The first kappa shape index (κ1) is 25.1. The minimum atomic E-state index is -0.176. The van der Waals surface area contributed by atoms with Gasteiger partial charge in [-0.05, 0) is 63.1 Å². The largest absolute Gasteiger partial charge is 0.381 e. The highest BCUT2D eigenvalue weighted by atomic mass is 127. The van der Waals surface area contributed by atoms with E-state index in [1.165, 1.54) is 0 Å². The fourth-order valence-electron chi connectivity index (χ4n) is 3.01. The lowest BCUT2D eigenvalue weighted by Gasteiger charge is -2.21. The van der Waals surface area contributed by atoms with Crippen LogP contribution in [0.5, 0.6) is 0 Å². The van der Waals surface area contributed by atoms with Crippen molar-refractivity contribution < 1.29 is 13.9 Å². The van der Waals surface area contributed by atoms with Gasteiger partial charge in [-0.2, -0.15) is 0 Å². The number of ether oxygens (including phenoxy) is 2. The van der Waals surface area contributed by atoms with Crippen LogP contribution in [0.3, 0.4) is 0 Å². The van der Waals surface area contributed by atoms with Crippen LogP contribution in [0.2, 0.25) is 0 Å². The molecule has 1 atom stereocenters. The first-order valence-corrected chi connectivity index (χ1v) is 10.1. The summed E-state index contributed by atoms with van der Waals surface area (Å²) in [4.78, 5) is 4.60. The molecule has 0 spiro atoms. The zero-order chi connectivity index (χ0) is 19.5. The molecule has 0 aromatic heterocycles. The Balaban J connectivity index is 0.00000392. The van der Waals surface area contributed by atoms with Crippen molar-refractivity contribution in [3.63, 3.8) is 0 Å². The van der Waals surface area contributed by atoms with E-state index < -0.39 is 0 Å². The minimum absolute atomic E-state index is 0. The van der Waals surface area contributed by atoms with Gasteiger partial charge in [-0.1, -0.05) is 12.1 Å². The van der Waals surface area contributed by atoms with E-state index in [2.05, 4.69) is 15.6 Å². The third kappa shape index (κ3) is 9.05. The van der Waals surface area contributed by atoms with Crippen LogP contribution in [0.15, 0.2) is 23.2 Å². The Labute approximate surface area is 185 Å². The van der Waals surface area contributed by atoms with Crippen molar-refractivity contribution in [2.75, 3.05) is 39.5 Å². The molecule has 1 heterocycles. The quantitative estimate of drug-likeness (QED) is 0.228. The third-order valence-corrected chi connectivity index (χ3v) is 4.80. The Kier molecular flexibility index (Phi) is 12.7. The summed E-state index contributed by atoms with van der Waals surface area (Å²) < 4.78 is 24.9. The molecule has 0 saturated carbocycles. The number of aliphatic imine (C=N–C) groups is 1. The molecule has 1 aliphatic heterocycles. The van der Waals surface area contributed by atoms with E-state index in [4.69, 9.17) is 9.47 Å². The molecule has 0 amide bonds. The van der Waals surface area contributed by atoms with Crippen molar-refractivity contribution in [1.82, 2.24) is 10.6 Å². The number of nitrogens with zero attached hydrogens (tertiary/aromatic N) is 1. The Morgan fingerprint density at radius 2 is 2.11 bits per heavy atom. The molecule has 0 bridgehead atoms. The average Bonchev–Trinajstić information content (AvgIpc) is 2.67. The standard InChI is InChI=1S/C21H34FN3O2.HI/c1-4-23-21(25-17(3)19-7-6-16(2)20(22)14-19)24-10-5-11-27-15-18-8-12-26-13-9-18;/h6-7,14,17-18H,4-5,8-13,15H2,1-3H3,(H2,23,24,25);1H. The SMILES string of the molecule is CCNC(=NCCCOCC1CCOCC1)NC(C)c1ccc(C)c(F)c1.I. The zero-order valence-corrected chi connectivity index (χ0v) is 19.6. The number of halogens is 2. The Morgan fingerprint density at radius 1 is 1.36 bits per heavy atom. The average molecular weight is 507 g/mol. The van der Waals surface area contributed by atoms with Gasteiger partial charge in [0.2, 0.25) is 0 Å². The summed E-state index contributed by atoms with van der Waals surface area (Å²) in [5.74, 6) is 1.21. The van der Waals surface area contributed by atoms with Gasteiger partial charge in [0.05, 0.1) is 6.04 Å². The molecule has 1 aliphatic rings. The number of rotatable bonds is 9. The van der Waals surface area contributed by atoms with Gasteiger partial charge >= 0.3 is 0 Å². The molecule has 2 N–H and O–H groups in total. The number of nitrogens with one attached hydrogen (secondary N) is 2. The lowest BCUT2D eigenvalue weighted by atomic mass is 10.0. The minimum Gasteiger partial charge on any atom is -0.381 e. The maximum absolute atomic E-state index is 13.8. The van der Waals surface area contributed by atoms with Crippen LogP contribution in [0, 0.1) is 18.7 Å².